The molecule has 2 aromatic rings. The third-order valence-corrected chi connectivity index (χ3v) is 2.75. The molecule has 0 atom stereocenters. The zero-order valence-corrected chi connectivity index (χ0v) is 10.8. The van der Waals surface area contributed by atoms with E-state index in [0.717, 1.165) is 23.3 Å². The van der Waals surface area contributed by atoms with Crippen LogP contribution in [0.2, 0.25) is 0 Å². The van der Waals surface area contributed by atoms with E-state index in [1.54, 1.807) is 14.0 Å². The summed E-state index contributed by atoms with van der Waals surface area (Å²) in [4.78, 5) is 4.12. The highest BCUT2D eigenvalue weighted by Gasteiger charge is 2.10. The summed E-state index contributed by atoms with van der Waals surface area (Å²) in [5, 5.41) is 8.04. The molecule has 0 spiro atoms. The monoisotopic (exact) mass is 244 g/mol. The van der Waals surface area contributed by atoms with E-state index in [0.29, 0.717) is 17.3 Å². The molecule has 0 radical (unpaired) electrons. The molecule has 94 valence electrons. The highest BCUT2D eigenvalue weighted by Crippen LogP contribution is 2.27. The topological polar surface area (TPSA) is 73.9 Å². The number of hydrogen-bond donors (Lipinski definition) is 1. The fraction of sp³-hybridized carbons (Fsp3) is 0.308. The van der Waals surface area contributed by atoms with Gasteiger partial charge in [-0.25, -0.2) is 4.98 Å². The van der Waals surface area contributed by atoms with Crippen LogP contribution in [0.1, 0.15) is 18.3 Å². The first-order valence-corrected chi connectivity index (χ1v) is 5.79. The Balaban J connectivity index is 2.51. The molecule has 0 aliphatic carbocycles. The van der Waals surface area contributed by atoms with Crippen LogP contribution in [0.4, 0.5) is 5.82 Å². The first-order valence-electron chi connectivity index (χ1n) is 5.79. The quantitative estimate of drug-likeness (QED) is 0.893. The van der Waals surface area contributed by atoms with Gasteiger partial charge in [-0.15, -0.1) is 10.2 Å². The molecule has 2 rings (SSSR count). The standard InChI is InChI=1S/C13H16N4O/c1-4-9-7-10(5-6-11(9)18-3)12-13(14)15-8(2)16-17-12/h5-7H,4H2,1-3H3,(H2,14,15,16). The summed E-state index contributed by atoms with van der Waals surface area (Å²) >= 11 is 0. The first-order chi connectivity index (χ1) is 8.65. The van der Waals surface area contributed by atoms with Crippen LogP contribution >= 0.6 is 0 Å². The van der Waals surface area contributed by atoms with Gasteiger partial charge >= 0.3 is 0 Å². The molecule has 0 bridgehead atoms. The maximum Gasteiger partial charge on any atom is 0.154 e. The third kappa shape index (κ3) is 2.25. The van der Waals surface area contributed by atoms with Gasteiger partial charge in [0, 0.05) is 5.56 Å². The lowest BCUT2D eigenvalue weighted by Gasteiger charge is -2.09. The lowest BCUT2D eigenvalue weighted by Crippen LogP contribution is -2.02. The number of aryl methyl sites for hydroxylation is 2. The van der Waals surface area contributed by atoms with Crippen molar-refractivity contribution in [3.63, 3.8) is 0 Å². The Morgan fingerprint density at radius 2 is 2.06 bits per heavy atom. The molecule has 0 fully saturated rings. The van der Waals surface area contributed by atoms with Gasteiger partial charge in [0.05, 0.1) is 7.11 Å². The van der Waals surface area contributed by atoms with E-state index >= 15 is 0 Å². The molecular formula is C13H16N4O. The predicted molar refractivity (Wildman–Crippen MR) is 70.3 cm³/mol. The molecule has 5 heteroatoms. The third-order valence-electron chi connectivity index (χ3n) is 2.75. The number of nitrogen functional groups attached to an aromatic ring is 1. The molecule has 0 amide bonds. The molecular weight excluding hydrogens is 228 g/mol. The SMILES string of the molecule is CCc1cc(-c2nnc(C)nc2N)ccc1OC. The van der Waals surface area contributed by atoms with Crippen LogP contribution in [-0.4, -0.2) is 22.3 Å². The van der Waals surface area contributed by atoms with E-state index in [-0.39, 0.29) is 0 Å². The van der Waals surface area contributed by atoms with Crippen molar-refractivity contribution in [3.05, 3.63) is 29.6 Å². The van der Waals surface area contributed by atoms with E-state index in [1.165, 1.54) is 0 Å². The number of aromatic nitrogens is 3. The molecule has 0 saturated heterocycles. The van der Waals surface area contributed by atoms with Gasteiger partial charge in [0.15, 0.2) is 5.82 Å². The van der Waals surface area contributed by atoms with E-state index in [9.17, 15) is 0 Å². The van der Waals surface area contributed by atoms with Crippen molar-refractivity contribution in [2.75, 3.05) is 12.8 Å². The molecule has 18 heavy (non-hydrogen) atoms. The Morgan fingerprint density at radius 1 is 1.28 bits per heavy atom. The number of anilines is 1. The minimum atomic E-state index is 0.398. The Morgan fingerprint density at radius 3 is 2.67 bits per heavy atom. The van der Waals surface area contributed by atoms with E-state index < -0.39 is 0 Å². The number of nitrogens with two attached hydrogens (primary N) is 1. The fourth-order valence-corrected chi connectivity index (χ4v) is 1.83. The van der Waals surface area contributed by atoms with Gasteiger partial charge in [0.1, 0.15) is 17.3 Å². The Hall–Kier alpha value is -2.17. The van der Waals surface area contributed by atoms with Gasteiger partial charge < -0.3 is 10.5 Å². The lowest BCUT2D eigenvalue weighted by molar-refractivity contribution is 0.410. The number of methoxy groups -OCH3 is 1. The molecule has 5 nitrogen and oxygen atoms in total. The van der Waals surface area contributed by atoms with Gasteiger partial charge in [-0.3, -0.25) is 0 Å². The van der Waals surface area contributed by atoms with Crippen molar-refractivity contribution in [1.29, 1.82) is 0 Å². The maximum atomic E-state index is 5.87. The van der Waals surface area contributed by atoms with Crippen LogP contribution in [0.15, 0.2) is 18.2 Å². The Kier molecular flexibility index (Phi) is 3.41. The summed E-state index contributed by atoms with van der Waals surface area (Å²) in [6.45, 7) is 3.84. The summed E-state index contributed by atoms with van der Waals surface area (Å²) < 4.78 is 5.29. The zero-order chi connectivity index (χ0) is 13.1. The number of benzene rings is 1. The van der Waals surface area contributed by atoms with Crippen molar-refractivity contribution in [2.45, 2.75) is 20.3 Å². The molecule has 0 aliphatic heterocycles. The van der Waals surface area contributed by atoms with Gasteiger partial charge in [-0.2, -0.15) is 0 Å². The van der Waals surface area contributed by atoms with Crippen molar-refractivity contribution in [1.82, 2.24) is 15.2 Å². The van der Waals surface area contributed by atoms with Gasteiger partial charge in [-0.05, 0) is 37.1 Å². The average molecular weight is 244 g/mol. The highest BCUT2D eigenvalue weighted by molar-refractivity contribution is 5.70. The molecule has 2 N–H and O–H groups in total. The largest absolute Gasteiger partial charge is 0.496 e. The van der Waals surface area contributed by atoms with Gasteiger partial charge in [-0.1, -0.05) is 6.92 Å². The normalized spacial score (nSPS) is 10.4. The highest BCUT2D eigenvalue weighted by atomic mass is 16.5. The molecule has 0 unspecified atom stereocenters. The minimum absolute atomic E-state index is 0.398. The fourth-order valence-electron chi connectivity index (χ4n) is 1.83. The molecule has 0 aliphatic rings. The zero-order valence-electron chi connectivity index (χ0n) is 10.8. The van der Waals surface area contributed by atoms with Crippen molar-refractivity contribution >= 4 is 5.82 Å². The molecule has 0 saturated carbocycles. The minimum Gasteiger partial charge on any atom is -0.496 e. The summed E-state index contributed by atoms with van der Waals surface area (Å²) in [5.74, 6) is 1.84. The maximum absolute atomic E-state index is 5.87. The number of ether oxygens (including phenoxy) is 1. The van der Waals surface area contributed by atoms with Gasteiger partial charge in [0.25, 0.3) is 0 Å². The molecule has 1 aromatic carbocycles. The van der Waals surface area contributed by atoms with Crippen LogP contribution in [0.3, 0.4) is 0 Å². The van der Waals surface area contributed by atoms with Gasteiger partial charge in [0.2, 0.25) is 0 Å². The number of hydrogen-bond acceptors (Lipinski definition) is 5. The van der Waals surface area contributed by atoms with Crippen molar-refractivity contribution in [3.8, 4) is 17.0 Å². The number of rotatable bonds is 3. The second kappa shape index (κ2) is 5.00. The average Bonchev–Trinajstić information content (AvgIpc) is 2.38. The Bertz CT molecular complexity index is 569. The second-order valence-electron chi connectivity index (χ2n) is 3.97. The van der Waals surface area contributed by atoms with E-state index in [2.05, 4.69) is 22.1 Å². The smallest absolute Gasteiger partial charge is 0.154 e. The summed E-state index contributed by atoms with van der Waals surface area (Å²) in [5.41, 5.74) is 8.50. The Labute approximate surface area is 106 Å². The predicted octanol–water partition coefficient (Wildman–Crippen LogP) is 2.00. The van der Waals surface area contributed by atoms with Crippen LogP contribution in [0.5, 0.6) is 5.75 Å². The van der Waals surface area contributed by atoms with Crippen molar-refractivity contribution < 1.29 is 4.74 Å². The molecule has 1 aromatic heterocycles. The molecule has 1 heterocycles. The first kappa shape index (κ1) is 12.3. The summed E-state index contributed by atoms with van der Waals surface area (Å²) in [6.07, 6.45) is 0.879. The second-order valence-corrected chi connectivity index (χ2v) is 3.97. The van der Waals surface area contributed by atoms with E-state index in [1.807, 2.05) is 18.2 Å². The van der Waals surface area contributed by atoms with Crippen molar-refractivity contribution in [2.24, 2.45) is 0 Å². The van der Waals surface area contributed by atoms with E-state index in [4.69, 9.17) is 10.5 Å². The number of nitrogens with zero attached hydrogens (tertiary/aromatic N) is 3. The van der Waals surface area contributed by atoms with Crippen LogP contribution < -0.4 is 10.5 Å². The lowest BCUT2D eigenvalue weighted by atomic mass is 10.1. The summed E-state index contributed by atoms with van der Waals surface area (Å²) in [7, 11) is 1.66. The van der Waals surface area contributed by atoms with Crippen LogP contribution in [0.25, 0.3) is 11.3 Å². The van der Waals surface area contributed by atoms with Crippen LogP contribution in [-0.2, 0) is 6.42 Å². The summed E-state index contributed by atoms with van der Waals surface area (Å²) in [6, 6.07) is 5.83. The van der Waals surface area contributed by atoms with Crippen LogP contribution in [0, 0.1) is 6.92 Å².